The lowest BCUT2D eigenvalue weighted by atomic mass is 10.1. The highest BCUT2D eigenvalue weighted by Gasteiger charge is 2.22. The maximum atomic E-state index is 11.8. The van der Waals surface area contributed by atoms with Crippen molar-refractivity contribution in [2.45, 2.75) is 13.3 Å². The number of anilines is 1. The Balaban J connectivity index is 0.00000128. The van der Waals surface area contributed by atoms with Crippen molar-refractivity contribution in [3.63, 3.8) is 0 Å². The van der Waals surface area contributed by atoms with Crippen molar-refractivity contribution in [1.29, 1.82) is 0 Å². The Labute approximate surface area is 102 Å². The number of halogens is 1. The van der Waals surface area contributed by atoms with Gasteiger partial charge >= 0.3 is 0 Å². The Hall–Kier alpha value is -1.06. The van der Waals surface area contributed by atoms with E-state index in [0.717, 1.165) is 30.8 Å². The molecule has 2 N–H and O–H groups in total. The zero-order valence-electron chi connectivity index (χ0n) is 9.32. The molecule has 88 valence electrons. The van der Waals surface area contributed by atoms with E-state index in [4.69, 9.17) is 0 Å². The lowest BCUT2D eigenvalue weighted by Crippen LogP contribution is -2.24. The summed E-state index contributed by atoms with van der Waals surface area (Å²) in [4.78, 5) is 11.8. The normalized spacial score (nSPS) is 18.9. The highest BCUT2D eigenvalue weighted by Crippen LogP contribution is 2.14. The van der Waals surface area contributed by atoms with Crippen LogP contribution in [0, 0.1) is 12.8 Å². The first-order valence-electron chi connectivity index (χ1n) is 5.34. The molecule has 0 aromatic heterocycles. The van der Waals surface area contributed by atoms with E-state index in [1.807, 2.05) is 31.2 Å². The zero-order valence-corrected chi connectivity index (χ0v) is 10.1. The molecule has 3 nitrogen and oxygen atoms in total. The molecule has 0 spiro atoms. The van der Waals surface area contributed by atoms with Crippen LogP contribution in [0.3, 0.4) is 0 Å². The second kappa shape index (κ2) is 5.87. The van der Waals surface area contributed by atoms with Crippen LogP contribution < -0.4 is 10.6 Å². The van der Waals surface area contributed by atoms with Crippen molar-refractivity contribution in [3.8, 4) is 0 Å². The van der Waals surface area contributed by atoms with Crippen molar-refractivity contribution in [2.75, 3.05) is 18.4 Å². The number of aryl methyl sites for hydroxylation is 1. The number of carbonyl (C=O) groups is 1. The van der Waals surface area contributed by atoms with Crippen LogP contribution in [-0.2, 0) is 4.79 Å². The lowest BCUT2D eigenvalue weighted by Gasteiger charge is -2.10. The van der Waals surface area contributed by atoms with Gasteiger partial charge in [-0.05, 0) is 37.6 Å². The van der Waals surface area contributed by atoms with Crippen LogP contribution in [0.5, 0.6) is 0 Å². The molecule has 0 saturated carbocycles. The largest absolute Gasteiger partial charge is 0.326 e. The fourth-order valence-corrected chi connectivity index (χ4v) is 1.85. The van der Waals surface area contributed by atoms with E-state index in [1.165, 1.54) is 0 Å². The number of nitrogens with one attached hydrogen (secondary N) is 2. The fourth-order valence-electron chi connectivity index (χ4n) is 1.85. The molecule has 1 saturated heterocycles. The summed E-state index contributed by atoms with van der Waals surface area (Å²) in [6.07, 6.45) is 0.942. The van der Waals surface area contributed by atoms with Crippen LogP contribution in [0.15, 0.2) is 24.3 Å². The molecule has 0 radical (unpaired) electrons. The Morgan fingerprint density at radius 3 is 2.94 bits per heavy atom. The van der Waals surface area contributed by atoms with Gasteiger partial charge in [0.2, 0.25) is 5.91 Å². The van der Waals surface area contributed by atoms with Crippen LogP contribution in [0.2, 0.25) is 0 Å². The van der Waals surface area contributed by atoms with Gasteiger partial charge in [-0.3, -0.25) is 4.79 Å². The molecule has 0 aliphatic carbocycles. The molecule has 1 aromatic rings. The van der Waals surface area contributed by atoms with Crippen LogP contribution in [-0.4, -0.2) is 19.0 Å². The molecule has 0 unspecified atom stereocenters. The SMILES string of the molecule is Cc1cccc(NC(=O)[C@@H]2CCNC2)c1.Cl. The maximum absolute atomic E-state index is 11.8. The lowest BCUT2D eigenvalue weighted by molar-refractivity contribution is -0.119. The average molecular weight is 241 g/mol. The summed E-state index contributed by atoms with van der Waals surface area (Å²) < 4.78 is 0. The first-order valence-corrected chi connectivity index (χ1v) is 5.34. The van der Waals surface area contributed by atoms with Gasteiger partial charge in [-0.15, -0.1) is 12.4 Å². The molecule has 1 atom stereocenters. The third kappa shape index (κ3) is 3.22. The standard InChI is InChI=1S/C12H16N2O.ClH/c1-9-3-2-4-11(7-9)14-12(15)10-5-6-13-8-10;/h2-4,7,10,13H,5-6,8H2,1H3,(H,14,15);1H/t10-;/m1./s1. The highest BCUT2D eigenvalue weighted by atomic mass is 35.5. The number of amides is 1. The first-order chi connectivity index (χ1) is 7.25. The number of carbonyl (C=O) groups excluding carboxylic acids is 1. The van der Waals surface area contributed by atoms with Crippen LogP contribution >= 0.6 is 12.4 Å². The second-order valence-electron chi connectivity index (χ2n) is 4.05. The summed E-state index contributed by atoms with van der Waals surface area (Å²) in [5.74, 6) is 0.260. The molecule has 1 aliphatic rings. The van der Waals surface area contributed by atoms with E-state index in [-0.39, 0.29) is 24.2 Å². The number of rotatable bonds is 2. The van der Waals surface area contributed by atoms with Crippen LogP contribution in [0.4, 0.5) is 5.69 Å². The van der Waals surface area contributed by atoms with Gasteiger partial charge in [0, 0.05) is 12.2 Å². The summed E-state index contributed by atoms with van der Waals surface area (Å²) in [7, 11) is 0. The molecule has 1 aromatic carbocycles. The van der Waals surface area contributed by atoms with Crippen molar-refractivity contribution >= 4 is 24.0 Å². The van der Waals surface area contributed by atoms with E-state index in [9.17, 15) is 4.79 Å². The minimum atomic E-state index is 0. The Morgan fingerprint density at radius 1 is 1.50 bits per heavy atom. The molecular formula is C12H17ClN2O. The predicted molar refractivity (Wildman–Crippen MR) is 68.0 cm³/mol. The molecule has 1 heterocycles. The Morgan fingerprint density at radius 2 is 2.31 bits per heavy atom. The van der Waals surface area contributed by atoms with Gasteiger partial charge in [0.15, 0.2) is 0 Å². The van der Waals surface area contributed by atoms with Gasteiger partial charge in [-0.25, -0.2) is 0 Å². The highest BCUT2D eigenvalue weighted by molar-refractivity contribution is 5.92. The topological polar surface area (TPSA) is 41.1 Å². The summed E-state index contributed by atoms with van der Waals surface area (Å²) in [6.45, 7) is 3.77. The fraction of sp³-hybridized carbons (Fsp3) is 0.417. The van der Waals surface area contributed by atoms with Crippen molar-refractivity contribution in [1.82, 2.24) is 5.32 Å². The maximum Gasteiger partial charge on any atom is 0.228 e. The van der Waals surface area contributed by atoms with Crippen LogP contribution in [0.1, 0.15) is 12.0 Å². The molecular weight excluding hydrogens is 224 g/mol. The smallest absolute Gasteiger partial charge is 0.228 e. The molecule has 1 amide bonds. The van der Waals surface area contributed by atoms with E-state index in [2.05, 4.69) is 10.6 Å². The van der Waals surface area contributed by atoms with Gasteiger partial charge in [-0.1, -0.05) is 12.1 Å². The van der Waals surface area contributed by atoms with Crippen molar-refractivity contribution < 1.29 is 4.79 Å². The van der Waals surface area contributed by atoms with E-state index >= 15 is 0 Å². The molecule has 4 heteroatoms. The first kappa shape index (κ1) is 13.0. The molecule has 16 heavy (non-hydrogen) atoms. The van der Waals surface area contributed by atoms with Gasteiger partial charge in [-0.2, -0.15) is 0 Å². The number of hydrogen-bond acceptors (Lipinski definition) is 2. The summed E-state index contributed by atoms with van der Waals surface area (Å²) in [6, 6.07) is 7.89. The molecule has 1 aliphatic heterocycles. The van der Waals surface area contributed by atoms with E-state index < -0.39 is 0 Å². The summed E-state index contributed by atoms with van der Waals surface area (Å²) in [5, 5.41) is 6.14. The monoisotopic (exact) mass is 240 g/mol. The molecule has 1 fully saturated rings. The number of hydrogen-bond donors (Lipinski definition) is 2. The molecule has 0 bridgehead atoms. The minimum absolute atomic E-state index is 0. The third-order valence-corrected chi connectivity index (χ3v) is 2.72. The zero-order chi connectivity index (χ0) is 10.7. The summed E-state index contributed by atoms with van der Waals surface area (Å²) in [5.41, 5.74) is 2.06. The van der Waals surface area contributed by atoms with Gasteiger partial charge in [0.1, 0.15) is 0 Å². The summed E-state index contributed by atoms with van der Waals surface area (Å²) >= 11 is 0. The predicted octanol–water partition coefficient (Wildman–Crippen LogP) is 1.96. The minimum Gasteiger partial charge on any atom is -0.326 e. The second-order valence-corrected chi connectivity index (χ2v) is 4.05. The van der Waals surface area contributed by atoms with E-state index in [1.54, 1.807) is 0 Å². The third-order valence-electron chi connectivity index (χ3n) is 2.72. The van der Waals surface area contributed by atoms with Gasteiger partial charge < -0.3 is 10.6 Å². The van der Waals surface area contributed by atoms with Crippen molar-refractivity contribution in [3.05, 3.63) is 29.8 Å². The quantitative estimate of drug-likeness (QED) is 0.830. The van der Waals surface area contributed by atoms with Crippen LogP contribution in [0.25, 0.3) is 0 Å². The van der Waals surface area contributed by atoms with Gasteiger partial charge in [0.05, 0.1) is 5.92 Å². The van der Waals surface area contributed by atoms with Crippen molar-refractivity contribution in [2.24, 2.45) is 5.92 Å². The Kier molecular flexibility index (Phi) is 4.77. The van der Waals surface area contributed by atoms with Gasteiger partial charge in [0.25, 0.3) is 0 Å². The molecule has 2 rings (SSSR count). The average Bonchev–Trinajstić information content (AvgIpc) is 2.70. The Bertz CT molecular complexity index is 362. The van der Waals surface area contributed by atoms with E-state index in [0.29, 0.717) is 0 Å². The number of benzene rings is 1.